The van der Waals surface area contributed by atoms with Crippen LogP contribution in [-0.4, -0.2) is 26.9 Å². The van der Waals surface area contributed by atoms with Gasteiger partial charge < -0.3 is 4.74 Å². The Balaban J connectivity index is 2.49. The van der Waals surface area contributed by atoms with Crippen molar-refractivity contribution in [1.29, 1.82) is 5.26 Å². The van der Waals surface area contributed by atoms with Crippen LogP contribution in [0.3, 0.4) is 0 Å². The van der Waals surface area contributed by atoms with Crippen molar-refractivity contribution in [2.45, 2.75) is 0 Å². The molecule has 0 fully saturated rings. The number of methoxy groups -OCH3 is 1. The summed E-state index contributed by atoms with van der Waals surface area (Å²) < 4.78 is 6.51. The van der Waals surface area contributed by atoms with E-state index in [4.69, 9.17) is 10.00 Å². The molecule has 2 aromatic heterocycles. The van der Waals surface area contributed by atoms with Crippen molar-refractivity contribution in [3.63, 3.8) is 0 Å². The van der Waals surface area contributed by atoms with Crippen molar-refractivity contribution in [1.82, 2.24) is 19.7 Å². The van der Waals surface area contributed by atoms with Gasteiger partial charge in [0.05, 0.1) is 7.11 Å². The Morgan fingerprint density at radius 3 is 3.00 bits per heavy atom. The van der Waals surface area contributed by atoms with E-state index in [-0.39, 0.29) is 5.82 Å². The van der Waals surface area contributed by atoms with Crippen molar-refractivity contribution in [3.8, 4) is 17.6 Å². The highest BCUT2D eigenvalue weighted by molar-refractivity contribution is 5.38. The van der Waals surface area contributed by atoms with E-state index < -0.39 is 0 Å². The van der Waals surface area contributed by atoms with Crippen LogP contribution >= 0.6 is 0 Å². The molecule has 2 heterocycles. The van der Waals surface area contributed by atoms with Crippen LogP contribution in [0.1, 0.15) is 5.82 Å². The molecular formula is C9H7N5O. The van der Waals surface area contributed by atoms with Gasteiger partial charge in [-0.1, -0.05) is 0 Å². The molecular weight excluding hydrogens is 194 g/mol. The van der Waals surface area contributed by atoms with E-state index in [2.05, 4.69) is 15.1 Å². The Bertz CT molecular complexity index is 513. The summed E-state index contributed by atoms with van der Waals surface area (Å²) >= 11 is 0. The summed E-state index contributed by atoms with van der Waals surface area (Å²) in [5, 5.41) is 12.5. The van der Waals surface area contributed by atoms with Crippen LogP contribution in [0.4, 0.5) is 0 Å². The minimum atomic E-state index is 0.0997. The van der Waals surface area contributed by atoms with Crippen LogP contribution in [0.25, 0.3) is 5.82 Å². The molecule has 0 aromatic carbocycles. The second-order valence-electron chi connectivity index (χ2n) is 2.65. The number of nitriles is 1. The molecule has 0 radical (unpaired) electrons. The quantitative estimate of drug-likeness (QED) is 0.708. The number of rotatable bonds is 2. The largest absolute Gasteiger partial charge is 0.493 e. The molecule has 0 amide bonds. The van der Waals surface area contributed by atoms with Crippen LogP contribution in [0.2, 0.25) is 0 Å². The van der Waals surface area contributed by atoms with Crippen LogP contribution < -0.4 is 4.74 Å². The van der Waals surface area contributed by atoms with Crippen molar-refractivity contribution >= 4 is 0 Å². The first-order valence-corrected chi connectivity index (χ1v) is 4.16. The summed E-state index contributed by atoms with van der Waals surface area (Å²) in [4.78, 5) is 7.88. The van der Waals surface area contributed by atoms with Crippen molar-refractivity contribution in [2.24, 2.45) is 0 Å². The van der Waals surface area contributed by atoms with Gasteiger partial charge >= 0.3 is 0 Å². The van der Waals surface area contributed by atoms with Crippen LogP contribution in [0.15, 0.2) is 24.7 Å². The standard InChI is InChI=1S/C9H7N5O/c1-15-7-3-2-4-11-9(7)14-6-12-8(5-10)13-14/h2-4,6H,1H3. The van der Waals surface area contributed by atoms with Gasteiger partial charge in [0.1, 0.15) is 12.4 Å². The van der Waals surface area contributed by atoms with E-state index in [1.165, 1.54) is 11.0 Å². The maximum atomic E-state index is 8.58. The lowest BCUT2D eigenvalue weighted by Crippen LogP contribution is -2.01. The fourth-order valence-electron chi connectivity index (χ4n) is 1.13. The third kappa shape index (κ3) is 1.62. The summed E-state index contributed by atoms with van der Waals surface area (Å²) in [6.07, 6.45) is 3.04. The molecule has 0 unspecified atom stereocenters. The first-order chi connectivity index (χ1) is 7.35. The second-order valence-corrected chi connectivity index (χ2v) is 2.65. The predicted molar refractivity (Wildman–Crippen MR) is 50.4 cm³/mol. The minimum absolute atomic E-state index is 0.0997. The lowest BCUT2D eigenvalue weighted by atomic mass is 10.4. The van der Waals surface area contributed by atoms with Gasteiger partial charge in [-0.05, 0) is 12.1 Å². The molecule has 0 atom stereocenters. The van der Waals surface area contributed by atoms with E-state index in [1.54, 1.807) is 25.4 Å². The third-order valence-electron chi connectivity index (χ3n) is 1.78. The molecule has 0 bridgehead atoms. The Morgan fingerprint density at radius 2 is 2.33 bits per heavy atom. The highest BCUT2D eigenvalue weighted by Crippen LogP contribution is 2.17. The first-order valence-electron chi connectivity index (χ1n) is 4.16. The number of aromatic nitrogens is 4. The summed E-state index contributed by atoms with van der Waals surface area (Å²) in [5.74, 6) is 1.18. The Kier molecular flexibility index (Phi) is 2.29. The average molecular weight is 201 g/mol. The Hall–Kier alpha value is -2.42. The zero-order valence-corrected chi connectivity index (χ0v) is 7.95. The van der Waals surface area contributed by atoms with Crippen molar-refractivity contribution in [2.75, 3.05) is 7.11 Å². The summed E-state index contributed by atoms with van der Waals surface area (Å²) in [6, 6.07) is 5.36. The van der Waals surface area contributed by atoms with E-state index >= 15 is 0 Å². The van der Waals surface area contributed by atoms with E-state index in [0.29, 0.717) is 11.6 Å². The number of nitrogens with zero attached hydrogens (tertiary/aromatic N) is 5. The maximum absolute atomic E-state index is 8.58. The molecule has 0 aliphatic heterocycles. The van der Waals surface area contributed by atoms with Crippen LogP contribution in [-0.2, 0) is 0 Å². The van der Waals surface area contributed by atoms with Gasteiger partial charge in [-0.25, -0.2) is 9.97 Å². The van der Waals surface area contributed by atoms with Gasteiger partial charge in [-0.2, -0.15) is 9.94 Å². The number of hydrogen-bond donors (Lipinski definition) is 0. The summed E-state index contributed by atoms with van der Waals surface area (Å²) in [6.45, 7) is 0. The highest BCUT2D eigenvalue weighted by Gasteiger charge is 2.08. The first kappa shape index (κ1) is 9.15. The number of hydrogen-bond acceptors (Lipinski definition) is 5. The molecule has 0 spiro atoms. The van der Waals surface area contributed by atoms with Gasteiger partial charge in [0.15, 0.2) is 11.6 Å². The lowest BCUT2D eigenvalue weighted by molar-refractivity contribution is 0.409. The fourth-order valence-corrected chi connectivity index (χ4v) is 1.13. The molecule has 74 valence electrons. The summed E-state index contributed by atoms with van der Waals surface area (Å²) in [7, 11) is 1.54. The molecule has 0 N–H and O–H groups in total. The number of pyridine rings is 1. The maximum Gasteiger partial charge on any atom is 0.252 e. The Morgan fingerprint density at radius 1 is 1.47 bits per heavy atom. The van der Waals surface area contributed by atoms with E-state index in [1.807, 2.05) is 6.07 Å². The van der Waals surface area contributed by atoms with Gasteiger partial charge in [0.2, 0.25) is 0 Å². The normalized spacial score (nSPS) is 9.60. The summed E-state index contributed by atoms with van der Waals surface area (Å²) in [5.41, 5.74) is 0. The van der Waals surface area contributed by atoms with Gasteiger partial charge in [-0.15, -0.1) is 5.10 Å². The minimum Gasteiger partial charge on any atom is -0.493 e. The van der Waals surface area contributed by atoms with Crippen LogP contribution in [0.5, 0.6) is 5.75 Å². The molecule has 0 saturated carbocycles. The predicted octanol–water partition coefficient (Wildman–Crippen LogP) is 0.543. The number of ether oxygens (including phenoxy) is 1. The van der Waals surface area contributed by atoms with Gasteiger partial charge in [0, 0.05) is 6.20 Å². The van der Waals surface area contributed by atoms with Gasteiger partial charge in [0.25, 0.3) is 5.82 Å². The van der Waals surface area contributed by atoms with E-state index in [9.17, 15) is 0 Å². The monoisotopic (exact) mass is 201 g/mol. The zero-order chi connectivity index (χ0) is 10.7. The molecule has 0 aliphatic rings. The molecule has 0 saturated heterocycles. The lowest BCUT2D eigenvalue weighted by Gasteiger charge is -2.04. The molecule has 15 heavy (non-hydrogen) atoms. The molecule has 2 rings (SSSR count). The zero-order valence-electron chi connectivity index (χ0n) is 7.95. The van der Waals surface area contributed by atoms with Crippen LogP contribution in [0, 0.1) is 11.3 Å². The van der Waals surface area contributed by atoms with Crippen molar-refractivity contribution in [3.05, 3.63) is 30.5 Å². The molecule has 6 heteroatoms. The third-order valence-corrected chi connectivity index (χ3v) is 1.78. The average Bonchev–Trinajstić information content (AvgIpc) is 2.77. The van der Waals surface area contributed by atoms with Crippen molar-refractivity contribution < 1.29 is 4.74 Å². The van der Waals surface area contributed by atoms with E-state index in [0.717, 1.165) is 0 Å². The smallest absolute Gasteiger partial charge is 0.252 e. The molecule has 2 aromatic rings. The second kappa shape index (κ2) is 3.75. The topological polar surface area (TPSA) is 76.6 Å². The Labute approximate surface area is 85.8 Å². The molecule has 0 aliphatic carbocycles. The fraction of sp³-hybridized carbons (Fsp3) is 0.111. The highest BCUT2D eigenvalue weighted by atomic mass is 16.5. The molecule has 6 nitrogen and oxygen atoms in total. The SMILES string of the molecule is COc1cccnc1-n1cnc(C#N)n1. The van der Waals surface area contributed by atoms with Gasteiger partial charge in [-0.3, -0.25) is 0 Å².